The smallest absolute Gasteiger partial charge is 0.258 e. The predicted molar refractivity (Wildman–Crippen MR) is 114 cm³/mol. The molecule has 0 saturated heterocycles. The SMILES string of the molecule is CCN(C)Cc1cc(C)cc(-c2nc(-c3cc(C)c(OCCO)c(C)c3)no2)c1. The molecule has 0 bridgehead atoms. The van der Waals surface area contributed by atoms with Crippen LogP contribution in [0.4, 0.5) is 0 Å². The molecule has 1 aromatic heterocycles. The highest BCUT2D eigenvalue weighted by Crippen LogP contribution is 2.30. The Balaban J connectivity index is 1.90. The first kappa shape index (κ1) is 21.0. The summed E-state index contributed by atoms with van der Waals surface area (Å²) in [6.45, 7) is 10.3. The fourth-order valence-corrected chi connectivity index (χ4v) is 3.41. The molecule has 6 nitrogen and oxygen atoms in total. The molecule has 0 atom stereocenters. The lowest BCUT2D eigenvalue weighted by molar-refractivity contribution is 0.200. The number of hydrogen-bond donors (Lipinski definition) is 1. The molecular formula is C23H29N3O3. The molecule has 0 aliphatic carbocycles. The van der Waals surface area contributed by atoms with Gasteiger partial charge in [-0.15, -0.1) is 0 Å². The molecule has 1 heterocycles. The van der Waals surface area contributed by atoms with E-state index < -0.39 is 0 Å². The third-order valence-corrected chi connectivity index (χ3v) is 4.86. The van der Waals surface area contributed by atoms with E-state index in [-0.39, 0.29) is 13.2 Å². The molecule has 6 heteroatoms. The standard InChI is InChI=1S/C23H29N3O3/c1-6-26(5)14-18-9-15(2)10-20(13-18)23-24-22(25-29-23)19-11-16(3)21(17(4)12-19)28-8-7-27/h9-13,27H,6-8,14H2,1-5H3. The average molecular weight is 396 g/mol. The molecule has 0 fully saturated rings. The second-order valence-corrected chi connectivity index (χ2v) is 7.47. The summed E-state index contributed by atoms with van der Waals surface area (Å²) in [6.07, 6.45) is 0. The highest BCUT2D eigenvalue weighted by molar-refractivity contribution is 5.64. The minimum absolute atomic E-state index is 0.0125. The summed E-state index contributed by atoms with van der Waals surface area (Å²) in [6, 6.07) is 10.3. The fourth-order valence-electron chi connectivity index (χ4n) is 3.41. The van der Waals surface area contributed by atoms with E-state index in [2.05, 4.69) is 54.1 Å². The van der Waals surface area contributed by atoms with Crippen molar-refractivity contribution in [2.24, 2.45) is 0 Å². The zero-order valence-corrected chi connectivity index (χ0v) is 17.8. The van der Waals surface area contributed by atoms with Crippen LogP contribution < -0.4 is 4.74 Å². The molecule has 0 radical (unpaired) electrons. The summed E-state index contributed by atoms with van der Waals surface area (Å²) in [5.41, 5.74) is 6.14. The van der Waals surface area contributed by atoms with Gasteiger partial charge in [0.05, 0.1) is 6.61 Å². The van der Waals surface area contributed by atoms with E-state index in [1.165, 1.54) is 11.1 Å². The molecule has 2 aromatic carbocycles. The maximum atomic E-state index is 8.99. The maximum absolute atomic E-state index is 8.99. The monoisotopic (exact) mass is 395 g/mol. The lowest BCUT2D eigenvalue weighted by atomic mass is 10.0. The number of nitrogens with zero attached hydrogens (tertiary/aromatic N) is 3. The van der Waals surface area contributed by atoms with Gasteiger partial charge in [-0.1, -0.05) is 23.7 Å². The van der Waals surface area contributed by atoms with E-state index in [1.807, 2.05) is 26.0 Å². The molecule has 0 unspecified atom stereocenters. The summed E-state index contributed by atoms with van der Waals surface area (Å²) >= 11 is 0. The topological polar surface area (TPSA) is 71.6 Å². The lowest BCUT2D eigenvalue weighted by Gasteiger charge is -2.14. The van der Waals surface area contributed by atoms with Crippen molar-refractivity contribution in [2.75, 3.05) is 26.8 Å². The van der Waals surface area contributed by atoms with Crippen molar-refractivity contribution in [3.63, 3.8) is 0 Å². The quantitative estimate of drug-likeness (QED) is 0.618. The van der Waals surface area contributed by atoms with E-state index in [4.69, 9.17) is 14.4 Å². The van der Waals surface area contributed by atoms with Crippen LogP contribution in [-0.4, -0.2) is 47.0 Å². The Morgan fingerprint density at radius 1 is 1.03 bits per heavy atom. The zero-order valence-electron chi connectivity index (χ0n) is 17.8. The summed E-state index contributed by atoms with van der Waals surface area (Å²) in [7, 11) is 2.10. The molecular weight excluding hydrogens is 366 g/mol. The van der Waals surface area contributed by atoms with Gasteiger partial charge in [-0.05, 0) is 75.3 Å². The summed E-state index contributed by atoms with van der Waals surface area (Å²) in [5.74, 6) is 1.85. The van der Waals surface area contributed by atoms with E-state index in [0.29, 0.717) is 11.7 Å². The number of rotatable bonds is 8. The molecule has 1 N–H and O–H groups in total. The molecule has 0 aliphatic heterocycles. The number of aliphatic hydroxyl groups excluding tert-OH is 1. The highest BCUT2D eigenvalue weighted by atomic mass is 16.5. The number of aliphatic hydroxyl groups is 1. The van der Waals surface area contributed by atoms with Gasteiger partial charge < -0.3 is 19.3 Å². The van der Waals surface area contributed by atoms with Gasteiger partial charge in [0.1, 0.15) is 12.4 Å². The lowest BCUT2D eigenvalue weighted by Crippen LogP contribution is -2.16. The third-order valence-electron chi connectivity index (χ3n) is 4.86. The number of aromatic nitrogens is 2. The highest BCUT2D eigenvalue weighted by Gasteiger charge is 2.15. The van der Waals surface area contributed by atoms with Crippen molar-refractivity contribution >= 4 is 0 Å². The van der Waals surface area contributed by atoms with E-state index in [1.54, 1.807) is 0 Å². The van der Waals surface area contributed by atoms with E-state index in [0.717, 1.165) is 41.1 Å². The van der Waals surface area contributed by atoms with Gasteiger partial charge in [0.15, 0.2) is 0 Å². The Hall–Kier alpha value is -2.70. The zero-order chi connectivity index (χ0) is 21.0. The molecule has 3 aromatic rings. The van der Waals surface area contributed by atoms with Crippen molar-refractivity contribution in [1.29, 1.82) is 0 Å². The molecule has 154 valence electrons. The average Bonchev–Trinajstić information content (AvgIpc) is 3.17. The van der Waals surface area contributed by atoms with Gasteiger partial charge in [-0.2, -0.15) is 4.98 Å². The van der Waals surface area contributed by atoms with E-state index >= 15 is 0 Å². The normalized spacial score (nSPS) is 11.3. The van der Waals surface area contributed by atoms with Crippen LogP contribution in [-0.2, 0) is 6.54 Å². The van der Waals surface area contributed by atoms with Crippen molar-refractivity contribution in [2.45, 2.75) is 34.2 Å². The Bertz CT molecular complexity index is 958. The van der Waals surface area contributed by atoms with Crippen LogP contribution in [0.1, 0.15) is 29.2 Å². The largest absolute Gasteiger partial charge is 0.491 e. The molecule has 0 amide bonds. The van der Waals surface area contributed by atoms with Crippen molar-refractivity contribution < 1.29 is 14.4 Å². The molecule has 0 saturated carbocycles. The van der Waals surface area contributed by atoms with Crippen molar-refractivity contribution in [1.82, 2.24) is 15.0 Å². The molecule has 3 rings (SSSR count). The van der Waals surface area contributed by atoms with E-state index in [9.17, 15) is 0 Å². The van der Waals surface area contributed by atoms with Gasteiger partial charge in [0.25, 0.3) is 5.89 Å². The minimum Gasteiger partial charge on any atom is -0.491 e. The van der Waals surface area contributed by atoms with Crippen molar-refractivity contribution in [3.05, 3.63) is 52.6 Å². The summed E-state index contributed by atoms with van der Waals surface area (Å²) in [5, 5.41) is 13.2. The van der Waals surface area contributed by atoms with Crippen LogP contribution in [0, 0.1) is 20.8 Å². The van der Waals surface area contributed by atoms with Crippen LogP contribution >= 0.6 is 0 Å². The van der Waals surface area contributed by atoms with Crippen LogP contribution in [0.15, 0.2) is 34.9 Å². The summed E-state index contributed by atoms with van der Waals surface area (Å²) in [4.78, 5) is 6.89. The summed E-state index contributed by atoms with van der Waals surface area (Å²) < 4.78 is 11.2. The van der Waals surface area contributed by atoms with Crippen LogP contribution in [0.3, 0.4) is 0 Å². The number of ether oxygens (including phenoxy) is 1. The van der Waals surface area contributed by atoms with Crippen LogP contribution in [0.25, 0.3) is 22.8 Å². The number of hydrogen-bond acceptors (Lipinski definition) is 6. The Labute approximate surface area is 172 Å². The van der Waals surface area contributed by atoms with Crippen LogP contribution in [0.2, 0.25) is 0 Å². The number of aryl methyl sites for hydroxylation is 3. The second kappa shape index (κ2) is 9.20. The molecule has 29 heavy (non-hydrogen) atoms. The Morgan fingerprint density at radius 2 is 1.76 bits per heavy atom. The van der Waals surface area contributed by atoms with Gasteiger partial charge in [0.2, 0.25) is 5.82 Å². The van der Waals surface area contributed by atoms with Gasteiger partial charge in [-0.3, -0.25) is 0 Å². The minimum atomic E-state index is -0.0125. The van der Waals surface area contributed by atoms with Crippen molar-refractivity contribution in [3.8, 4) is 28.6 Å². The van der Waals surface area contributed by atoms with Crippen LogP contribution in [0.5, 0.6) is 5.75 Å². The Morgan fingerprint density at radius 3 is 2.41 bits per heavy atom. The predicted octanol–water partition coefficient (Wildman–Crippen LogP) is 4.15. The van der Waals surface area contributed by atoms with Gasteiger partial charge >= 0.3 is 0 Å². The molecule has 0 aliphatic rings. The Kier molecular flexibility index (Phi) is 6.67. The van der Waals surface area contributed by atoms with Gasteiger partial charge in [-0.25, -0.2) is 0 Å². The first-order valence-electron chi connectivity index (χ1n) is 9.89. The molecule has 0 spiro atoms. The van der Waals surface area contributed by atoms with Gasteiger partial charge in [0, 0.05) is 17.7 Å². The first-order chi connectivity index (χ1) is 13.9. The maximum Gasteiger partial charge on any atom is 0.258 e. The number of benzene rings is 2. The first-order valence-corrected chi connectivity index (χ1v) is 9.89. The second-order valence-electron chi connectivity index (χ2n) is 7.47. The fraction of sp³-hybridized carbons (Fsp3) is 0.391. The third kappa shape index (κ3) is 5.02.